The number of ether oxygens (including phenoxy) is 1. The quantitative estimate of drug-likeness (QED) is 0.481. The van der Waals surface area contributed by atoms with Crippen LogP contribution in [0.3, 0.4) is 0 Å². The van der Waals surface area contributed by atoms with Gasteiger partial charge in [0.1, 0.15) is 5.75 Å². The summed E-state index contributed by atoms with van der Waals surface area (Å²) in [5.74, 6) is 0.832. The van der Waals surface area contributed by atoms with Crippen LogP contribution in [-0.2, 0) is 0 Å². The molecule has 0 radical (unpaired) electrons. The molecule has 0 bridgehead atoms. The monoisotopic (exact) mass is 427 g/mol. The fourth-order valence-corrected chi connectivity index (χ4v) is 4.44. The molecule has 0 fully saturated rings. The van der Waals surface area contributed by atoms with Crippen molar-refractivity contribution in [3.8, 4) is 5.75 Å². The molecule has 6 heteroatoms. The van der Waals surface area contributed by atoms with E-state index in [1.807, 2.05) is 6.07 Å². The van der Waals surface area contributed by atoms with E-state index in [-0.39, 0.29) is 11.4 Å². The third kappa shape index (κ3) is 4.62. The Morgan fingerprint density at radius 3 is 2.67 bits per heavy atom. The number of rotatable bonds is 6. The van der Waals surface area contributed by atoms with Crippen LogP contribution >= 0.6 is 11.6 Å². The Labute approximate surface area is 184 Å². The van der Waals surface area contributed by atoms with E-state index in [0.717, 1.165) is 24.9 Å². The molecule has 1 amide bonds. The summed E-state index contributed by atoms with van der Waals surface area (Å²) >= 11 is 6.59. The van der Waals surface area contributed by atoms with Crippen molar-refractivity contribution < 1.29 is 9.53 Å². The second kappa shape index (κ2) is 9.09. The van der Waals surface area contributed by atoms with E-state index in [1.165, 1.54) is 11.3 Å². The van der Waals surface area contributed by atoms with Gasteiger partial charge in [-0.15, -0.1) is 0 Å². The normalized spacial score (nSPS) is 17.7. The lowest BCUT2D eigenvalue weighted by molar-refractivity contribution is 0.0955. The van der Waals surface area contributed by atoms with E-state index < -0.39 is 0 Å². The molecule has 0 spiro atoms. The van der Waals surface area contributed by atoms with Crippen LogP contribution in [0.5, 0.6) is 5.75 Å². The number of methoxy groups -OCH3 is 1. The Hall–Kier alpha value is -2.53. The van der Waals surface area contributed by atoms with Crippen molar-refractivity contribution >= 4 is 29.4 Å². The van der Waals surface area contributed by atoms with Gasteiger partial charge in [0.05, 0.1) is 18.3 Å². The summed E-state index contributed by atoms with van der Waals surface area (Å²) in [6.45, 7) is 10.0. The summed E-state index contributed by atoms with van der Waals surface area (Å²) in [5, 5.41) is 4.75. The number of nitrogens with one attached hydrogen (secondary N) is 1. The second-order valence-electron chi connectivity index (χ2n) is 8.43. The number of benzene rings is 2. The molecule has 0 saturated heterocycles. The summed E-state index contributed by atoms with van der Waals surface area (Å²) in [4.78, 5) is 14.7. The fraction of sp³-hybridized carbons (Fsp3) is 0.417. The number of amides is 1. The van der Waals surface area contributed by atoms with Gasteiger partial charge in [0, 0.05) is 28.9 Å². The molecule has 160 valence electrons. The summed E-state index contributed by atoms with van der Waals surface area (Å²) in [7, 11) is 1.59. The predicted molar refractivity (Wildman–Crippen MR) is 124 cm³/mol. The zero-order chi connectivity index (χ0) is 21.9. The number of hydrogen-bond donors (Lipinski definition) is 1. The molecule has 1 N–H and O–H groups in total. The third-order valence-corrected chi connectivity index (χ3v) is 6.00. The van der Waals surface area contributed by atoms with Gasteiger partial charge >= 0.3 is 0 Å². The maximum Gasteiger partial charge on any atom is 0.271 e. The molecule has 1 aliphatic rings. The zero-order valence-corrected chi connectivity index (χ0v) is 19.1. The van der Waals surface area contributed by atoms with Gasteiger partial charge < -0.3 is 9.64 Å². The Kier molecular flexibility index (Phi) is 6.71. The van der Waals surface area contributed by atoms with Gasteiger partial charge in [-0.1, -0.05) is 25.4 Å². The number of carbonyl (C=O) groups excluding carboxylic acids is 1. The highest BCUT2D eigenvalue weighted by Gasteiger charge is 2.36. The van der Waals surface area contributed by atoms with Gasteiger partial charge in [0.25, 0.3) is 5.91 Å². The maximum absolute atomic E-state index is 12.3. The molecule has 2 aromatic rings. The minimum absolute atomic E-state index is 0.0910. The Morgan fingerprint density at radius 1 is 1.33 bits per heavy atom. The summed E-state index contributed by atoms with van der Waals surface area (Å²) in [5.41, 5.74) is 6.44. The smallest absolute Gasteiger partial charge is 0.271 e. The van der Waals surface area contributed by atoms with E-state index in [4.69, 9.17) is 16.3 Å². The van der Waals surface area contributed by atoms with Crippen LogP contribution in [0.2, 0.25) is 5.02 Å². The average Bonchev–Trinajstić information content (AvgIpc) is 2.71. The molecule has 1 heterocycles. The first-order valence-corrected chi connectivity index (χ1v) is 10.7. The van der Waals surface area contributed by atoms with Crippen molar-refractivity contribution in [3.05, 3.63) is 58.1 Å². The highest BCUT2D eigenvalue weighted by atomic mass is 35.5. The average molecular weight is 428 g/mol. The van der Waals surface area contributed by atoms with Crippen LogP contribution in [0.25, 0.3) is 0 Å². The van der Waals surface area contributed by atoms with Crippen LogP contribution in [0.4, 0.5) is 5.69 Å². The number of fused-ring (bicyclic) bond motifs is 1. The van der Waals surface area contributed by atoms with Gasteiger partial charge in [-0.05, 0) is 74.6 Å². The lowest BCUT2D eigenvalue weighted by Gasteiger charge is -2.47. The molecule has 0 aromatic heterocycles. The number of halogens is 1. The van der Waals surface area contributed by atoms with E-state index in [2.05, 4.69) is 49.2 Å². The summed E-state index contributed by atoms with van der Waals surface area (Å²) in [6.07, 6.45) is 3.77. The molecule has 1 atom stereocenters. The molecular weight excluding hydrogens is 398 g/mol. The first-order chi connectivity index (χ1) is 14.3. The molecule has 1 aliphatic heterocycles. The predicted octanol–water partition coefficient (Wildman–Crippen LogP) is 5.61. The van der Waals surface area contributed by atoms with Crippen LogP contribution in [0.1, 0.15) is 67.9 Å². The molecule has 1 unspecified atom stereocenters. The topological polar surface area (TPSA) is 53.9 Å². The van der Waals surface area contributed by atoms with Crippen LogP contribution in [0.15, 0.2) is 41.5 Å². The number of carbonyl (C=O) groups is 1. The SMILES string of the molecule is CCCN1c2cc(Cl)c(/C=N\NC(=O)c3ccc(OC)cc3)cc2C(C)CC1(C)C. The second-order valence-corrected chi connectivity index (χ2v) is 8.84. The molecule has 0 saturated carbocycles. The number of nitrogens with zero attached hydrogens (tertiary/aromatic N) is 2. The highest BCUT2D eigenvalue weighted by Crippen LogP contribution is 2.45. The Balaban J connectivity index is 1.80. The zero-order valence-electron chi connectivity index (χ0n) is 18.3. The Bertz CT molecular complexity index is 938. The standard InChI is InChI=1S/C24H30ClN3O2/c1-6-11-28-22-13-21(25)18(12-20(22)16(2)14-24(28,3)4)15-26-27-23(29)17-7-9-19(30-5)10-8-17/h7-10,12-13,15-16H,6,11,14H2,1-5H3,(H,27,29)/b26-15-. The maximum atomic E-state index is 12.3. The van der Waals surface area contributed by atoms with Gasteiger partial charge in [0.2, 0.25) is 0 Å². The van der Waals surface area contributed by atoms with E-state index >= 15 is 0 Å². The lowest BCUT2D eigenvalue weighted by Crippen LogP contribution is -2.48. The molecule has 0 aliphatic carbocycles. The number of anilines is 1. The summed E-state index contributed by atoms with van der Waals surface area (Å²) in [6, 6.07) is 11.0. The molecule has 2 aromatic carbocycles. The molecule has 30 heavy (non-hydrogen) atoms. The Morgan fingerprint density at radius 2 is 2.03 bits per heavy atom. The largest absolute Gasteiger partial charge is 0.497 e. The minimum atomic E-state index is -0.285. The number of hydrogen-bond acceptors (Lipinski definition) is 4. The van der Waals surface area contributed by atoms with Crippen molar-refractivity contribution in [2.45, 2.75) is 52.0 Å². The van der Waals surface area contributed by atoms with Gasteiger partial charge in [-0.2, -0.15) is 5.10 Å². The van der Waals surface area contributed by atoms with Gasteiger partial charge in [-0.25, -0.2) is 5.43 Å². The van der Waals surface area contributed by atoms with E-state index in [0.29, 0.717) is 22.3 Å². The summed E-state index contributed by atoms with van der Waals surface area (Å²) < 4.78 is 5.11. The van der Waals surface area contributed by atoms with Crippen molar-refractivity contribution in [2.75, 3.05) is 18.6 Å². The van der Waals surface area contributed by atoms with E-state index in [1.54, 1.807) is 37.6 Å². The van der Waals surface area contributed by atoms with Crippen molar-refractivity contribution in [3.63, 3.8) is 0 Å². The van der Waals surface area contributed by atoms with E-state index in [9.17, 15) is 4.79 Å². The van der Waals surface area contributed by atoms with Crippen molar-refractivity contribution in [1.29, 1.82) is 0 Å². The first kappa shape index (κ1) is 22.2. The fourth-order valence-electron chi connectivity index (χ4n) is 4.23. The van der Waals surface area contributed by atoms with Crippen LogP contribution < -0.4 is 15.1 Å². The van der Waals surface area contributed by atoms with Gasteiger partial charge in [0.15, 0.2) is 0 Å². The number of hydrazone groups is 1. The van der Waals surface area contributed by atoms with Gasteiger partial charge in [-0.3, -0.25) is 4.79 Å². The third-order valence-electron chi connectivity index (χ3n) is 5.67. The van der Waals surface area contributed by atoms with Crippen molar-refractivity contribution in [1.82, 2.24) is 5.43 Å². The van der Waals surface area contributed by atoms with Crippen molar-refractivity contribution in [2.24, 2.45) is 5.10 Å². The lowest BCUT2D eigenvalue weighted by atomic mass is 9.79. The molecule has 3 rings (SSSR count). The van der Waals surface area contributed by atoms with Crippen LogP contribution in [-0.4, -0.2) is 31.3 Å². The molecular formula is C24H30ClN3O2. The minimum Gasteiger partial charge on any atom is -0.497 e. The first-order valence-electron chi connectivity index (χ1n) is 10.4. The van der Waals surface area contributed by atoms with Crippen LogP contribution in [0, 0.1) is 0 Å². The highest BCUT2D eigenvalue weighted by molar-refractivity contribution is 6.33. The molecule has 5 nitrogen and oxygen atoms in total.